The first-order valence-electron chi connectivity index (χ1n) is 7.63. The van der Waals surface area contributed by atoms with E-state index >= 15 is 0 Å². The van der Waals surface area contributed by atoms with E-state index in [0.717, 1.165) is 19.3 Å². The number of nitrogens with zero attached hydrogens (tertiary/aromatic N) is 1. The van der Waals surface area contributed by atoms with Crippen LogP contribution in [-0.2, 0) is 23.8 Å². The highest BCUT2D eigenvalue weighted by atomic mass is 16.5. The first-order valence-corrected chi connectivity index (χ1v) is 7.63. The molecule has 0 aromatic rings. The Morgan fingerprint density at radius 1 is 1.33 bits per heavy atom. The van der Waals surface area contributed by atoms with Crippen molar-refractivity contribution in [1.82, 2.24) is 4.90 Å². The summed E-state index contributed by atoms with van der Waals surface area (Å²) in [4.78, 5) is 25.3. The second-order valence-corrected chi connectivity index (χ2v) is 5.43. The molecule has 1 aliphatic rings. The van der Waals surface area contributed by atoms with Crippen molar-refractivity contribution >= 4 is 11.9 Å². The summed E-state index contributed by atoms with van der Waals surface area (Å²) in [7, 11) is 1.35. The minimum absolute atomic E-state index is 0.0269. The average molecular weight is 301 g/mol. The van der Waals surface area contributed by atoms with E-state index < -0.39 is 0 Å². The Hall–Kier alpha value is -1.14. The zero-order chi connectivity index (χ0) is 15.7. The smallest absolute Gasteiger partial charge is 0.307 e. The number of methoxy groups -OCH3 is 1. The number of carbonyl (C=O) groups is 2. The third-order valence-corrected chi connectivity index (χ3v) is 3.35. The van der Waals surface area contributed by atoms with Crippen LogP contribution in [0.5, 0.6) is 0 Å². The van der Waals surface area contributed by atoms with Gasteiger partial charge in [-0.3, -0.25) is 9.59 Å². The van der Waals surface area contributed by atoms with Crippen LogP contribution in [0.15, 0.2) is 0 Å². The number of rotatable bonds is 9. The van der Waals surface area contributed by atoms with Gasteiger partial charge in [-0.25, -0.2) is 0 Å². The number of carbonyl (C=O) groups excluding carboxylic acids is 2. The topological polar surface area (TPSA) is 65.1 Å². The number of esters is 1. The van der Waals surface area contributed by atoms with Crippen LogP contribution < -0.4 is 0 Å². The summed E-state index contributed by atoms with van der Waals surface area (Å²) in [6.07, 6.45) is 2.46. The molecular formula is C15H27NO5. The Labute approximate surface area is 126 Å². The molecule has 21 heavy (non-hydrogen) atoms. The van der Waals surface area contributed by atoms with Gasteiger partial charge in [0.1, 0.15) is 6.10 Å². The highest BCUT2D eigenvalue weighted by molar-refractivity contribution is 5.81. The fourth-order valence-corrected chi connectivity index (χ4v) is 2.21. The van der Waals surface area contributed by atoms with Gasteiger partial charge in [0.15, 0.2) is 0 Å². The van der Waals surface area contributed by atoms with Crippen LogP contribution in [0.4, 0.5) is 0 Å². The van der Waals surface area contributed by atoms with E-state index in [0.29, 0.717) is 26.3 Å². The molecule has 0 radical (unpaired) electrons. The second kappa shape index (κ2) is 9.73. The highest BCUT2D eigenvalue weighted by Crippen LogP contribution is 2.15. The molecule has 6 heteroatoms. The van der Waals surface area contributed by atoms with Gasteiger partial charge in [-0.05, 0) is 33.1 Å². The Kier molecular flexibility index (Phi) is 8.30. The van der Waals surface area contributed by atoms with Crippen molar-refractivity contribution in [3.63, 3.8) is 0 Å². The molecule has 1 rings (SSSR count). The van der Waals surface area contributed by atoms with Gasteiger partial charge in [-0.2, -0.15) is 0 Å². The molecule has 0 saturated carbocycles. The molecule has 1 saturated heterocycles. The molecule has 1 amide bonds. The summed E-state index contributed by atoms with van der Waals surface area (Å²) in [5.74, 6) is -0.334. The third-order valence-electron chi connectivity index (χ3n) is 3.35. The summed E-state index contributed by atoms with van der Waals surface area (Å²) >= 11 is 0. The normalized spacial score (nSPS) is 18.0. The lowest BCUT2D eigenvalue weighted by Crippen LogP contribution is -2.41. The number of ether oxygens (including phenoxy) is 3. The maximum absolute atomic E-state index is 12.4. The van der Waals surface area contributed by atoms with Gasteiger partial charge in [0.25, 0.3) is 5.91 Å². The predicted molar refractivity (Wildman–Crippen MR) is 77.9 cm³/mol. The summed E-state index contributed by atoms with van der Waals surface area (Å²) < 4.78 is 15.5. The summed E-state index contributed by atoms with van der Waals surface area (Å²) in [5, 5.41) is 0. The highest BCUT2D eigenvalue weighted by Gasteiger charge is 2.28. The lowest BCUT2D eigenvalue weighted by atomic mass is 10.2. The van der Waals surface area contributed by atoms with Gasteiger partial charge in [0.2, 0.25) is 0 Å². The molecule has 0 aliphatic carbocycles. The monoisotopic (exact) mass is 301 g/mol. The summed E-state index contributed by atoms with van der Waals surface area (Å²) in [5.41, 5.74) is 0. The molecular weight excluding hydrogens is 274 g/mol. The van der Waals surface area contributed by atoms with Crippen molar-refractivity contribution in [3.05, 3.63) is 0 Å². The zero-order valence-electron chi connectivity index (χ0n) is 13.3. The maximum atomic E-state index is 12.4. The van der Waals surface area contributed by atoms with Gasteiger partial charge in [-0.15, -0.1) is 0 Å². The first kappa shape index (κ1) is 17.9. The molecule has 0 bridgehead atoms. The number of amides is 1. The minimum Gasteiger partial charge on any atom is -0.469 e. The van der Waals surface area contributed by atoms with E-state index in [1.807, 2.05) is 13.8 Å². The molecule has 1 atom stereocenters. The second-order valence-electron chi connectivity index (χ2n) is 5.43. The molecule has 0 spiro atoms. The van der Waals surface area contributed by atoms with Crippen LogP contribution in [0.25, 0.3) is 0 Å². The molecule has 6 nitrogen and oxygen atoms in total. The van der Waals surface area contributed by atoms with E-state index in [4.69, 9.17) is 9.47 Å². The van der Waals surface area contributed by atoms with Crippen molar-refractivity contribution < 1.29 is 23.8 Å². The quantitative estimate of drug-likeness (QED) is 0.475. The zero-order valence-corrected chi connectivity index (χ0v) is 13.3. The van der Waals surface area contributed by atoms with E-state index in [1.54, 1.807) is 4.90 Å². The van der Waals surface area contributed by atoms with Crippen molar-refractivity contribution in [2.24, 2.45) is 0 Å². The van der Waals surface area contributed by atoms with Gasteiger partial charge in [0.05, 0.1) is 19.6 Å². The van der Waals surface area contributed by atoms with E-state index in [9.17, 15) is 9.59 Å². The molecule has 0 aromatic heterocycles. The summed E-state index contributed by atoms with van der Waals surface area (Å²) in [6, 6.07) is 0. The summed E-state index contributed by atoms with van der Waals surface area (Å²) in [6.45, 7) is 6.14. The van der Waals surface area contributed by atoms with E-state index in [-0.39, 0.29) is 30.5 Å². The van der Waals surface area contributed by atoms with Crippen LogP contribution in [0.3, 0.4) is 0 Å². The fourth-order valence-electron chi connectivity index (χ4n) is 2.21. The maximum Gasteiger partial charge on any atom is 0.307 e. The van der Waals surface area contributed by atoms with Crippen molar-refractivity contribution in [1.29, 1.82) is 0 Å². The molecule has 1 fully saturated rings. The van der Waals surface area contributed by atoms with Crippen molar-refractivity contribution in [3.8, 4) is 0 Å². The molecule has 0 aromatic carbocycles. The first-order chi connectivity index (χ1) is 10.0. The standard InChI is InChI=1S/C15H27NO5/c1-12(2)20-11-5-8-16(9-7-14(17)19-3)15(18)13-6-4-10-21-13/h12-13H,4-11H2,1-3H3. The van der Waals surface area contributed by atoms with Crippen molar-refractivity contribution in [2.45, 2.75) is 51.7 Å². The minimum atomic E-state index is -0.353. The largest absolute Gasteiger partial charge is 0.469 e. The lowest BCUT2D eigenvalue weighted by Gasteiger charge is -2.25. The van der Waals surface area contributed by atoms with Crippen molar-refractivity contribution in [2.75, 3.05) is 33.4 Å². The van der Waals surface area contributed by atoms with Gasteiger partial charge in [-0.1, -0.05) is 0 Å². The Morgan fingerprint density at radius 3 is 2.67 bits per heavy atom. The lowest BCUT2D eigenvalue weighted by molar-refractivity contribution is -0.144. The van der Waals surface area contributed by atoms with Crippen LogP contribution in [0.2, 0.25) is 0 Å². The van der Waals surface area contributed by atoms with Crippen LogP contribution in [0.1, 0.15) is 39.5 Å². The van der Waals surface area contributed by atoms with Gasteiger partial charge < -0.3 is 19.1 Å². The molecule has 1 aliphatic heterocycles. The Balaban J connectivity index is 2.43. The Morgan fingerprint density at radius 2 is 2.10 bits per heavy atom. The SMILES string of the molecule is COC(=O)CCN(CCCOC(C)C)C(=O)C1CCCO1. The Bertz CT molecular complexity index is 326. The molecule has 1 unspecified atom stereocenters. The van der Waals surface area contributed by atoms with Gasteiger partial charge in [0, 0.05) is 26.3 Å². The average Bonchev–Trinajstić information content (AvgIpc) is 2.99. The number of hydrogen-bond donors (Lipinski definition) is 0. The van der Waals surface area contributed by atoms with Gasteiger partial charge >= 0.3 is 5.97 Å². The fraction of sp³-hybridized carbons (Fsp3) is 0.867. The van der Waals surface area contributed by atoms with Crippen LogP contribution in [-0.4, -0.2) is 62.4 Å². The molecule has 0 N–H and O–H groups in total. The number of hydrogen-bond acceptors (Lipinski definition) is 5. The van der Waals surface area contributed by atoms with Crippen LogP contribution >= 0.6 is 0 Å². The van der Waals surface area contributed by atoms with E-state index in [2.05, 4.69) is 4.74 Å². The predicted octanol–water partition coefficient (Wildman–Crippen LogP) is 1.37. The third kappa shape index (κ3) is 6.91. The van der Waals surface area contributed by atoms with E-state index in [1.165, 1.54) is 7.11 Å². The van der Waals surface area contributed by atoms with Crippen LogP contribution in [0, 0.1) is 0 Å². The molecule has 1 heterocycles. The molecule has 122 valence electrons.